The molecular formula is C5H7BO4S. The highest BCUT2D eigenvalue weighted by Gasteiger charge is 2.40. The first kappa shape index (κ1) is 8.38. The molecule has 0 fully saturated rings. The van der Waals surface area contributed by atoms with Crippen LogP contribution < -0.4 is 0 Å². The van der Waals surface area contributed by atoms with Crippen LogP contribution in [-0.2, 0) is 0 Å². The Kier molecular flexibility index (Phi) is 2.08. The lowest BCUT2D eigenvalue weighted by molar-refractivity contribution is 0.221. The number of allylic oxidation sites excluding steroid dienone is 2. The second-order valence-electron chi connectivity index (χ2n) is 2.01. The van der Waals surface area contributed by atoms with E-state index in [1.807, 2.05) is 0 Å². The van der Waals surface area contributed by atoms with E-state index in [0.29, 0.717) is 0 Å². The van der Waals surface area contributed by atoms with Gasteiger partial charge in [0.25, 0.3) is 0 Å². The molecule has 1 aliphatic heterocycles. The summed E-state index contributed by atoms with van der Waals surface area (Å²) in [5.74, 6) is 0. The Morgan fingerprint density at radius 3 is 1.91 bits per heavy atom. The van der Waals surface area contributed by atoms with Crippen molar-refractivity contribution < 1.29 is 19.9 Å². The fourth-order valence-corrected chi connectivity index (χ4v) is 2.23. The van der Waals surface area contributed by atoms with Gasteiger partial charge in [-0.05, 0) is 10.8 Å². The van der Waals surface area contributed by atoms with Crippen molar-refractivity contribution in [2.24, 2.45) is 0 Å². The van der Waals surface area contributed by atoms with E-state index in [9.17, 15) is 4.79 Å². The Balaban J connectivity index is 2.99. The van der Waals surface area contributed by atoms with Crippen LogP contribution in [0, 0.1) is 0 Å². The zero-order valence-corrected chi connectivity index (χ0v) is 6.36. The number of carbonyl (C=O) groups is 1. The molecule has 0 aromatic carbocycles. The number of hydrogen-bond donors (Lipinski definition) is 3. The second-order valence-corrected chi connectivity index (χ2v) is 4.85. The van der Waals surface area contributed by atoms with Crippen LogP contribution >= 0.6 is 9.88 Å². The molecule has 11 heavy (non-hydrogen) atoms. The number of rotatable bonds is 1. The van der Waals surface area contributed by atoms with Crippen molar-refractivity contribution in [1.82, 2.24) is 0 Å². The molecule has 1 rings (SSSR count). The molecule has 0 aliphatic carbocycles. The summed E-state index contributed by atoms with van der Waals surface area (Å²) in [6, 6.07) is 0. The average molecular weight is 174 g/mol. The largest absolute Gasteiger partial charge is 0.527 e. The molecule has 0 bridgehead atoms. The van der Waals surface area contributed by atoms with Gasteiger partial charge >= 0.3 is 11.7 Å². The lowest BCUT2D eigenvalue weighted by Gasteiger charge is -2.23. The van der Waals surface area contributed by atoms with Crippen LogP contribution in [0.5, 0.6) is 0 Å². The van der Waals surface area contributed by atoms with E-state index >= 15 is 0 Å². The minimum absolute atomic E-state index is 1.18. The summed E-state index contributed by atoms with van der Waals surface area (Å²) in [7, 11) is -2.53. The monoisotopic (exact) mass is 174 g/mol. The van der Waals surface area contributed by atoms with Gasteiger partial charge in [-0.15, -0.1) is 0 Å². The zero-order valence-electron chi connectivity index (χ0n) is 5.54. The van der Waals surface area contributed by atoms with Gasteiger partial charge in [-0.25, -0.2) is 4.79 Å². The molecule has 0 aromatic heterocycles. The van der Waals surface area contributed by atoms with E-state index < -0.39 is 21.6 Å². The minimum Gasteiger partial charge on any atom is -0.474 e. The molecule has 0 atom stereocenters. The van der Waals surface area contributed by atoms with E-state index in [2.05, 4.69) is 0 Å². The topological polar surface area (TPSA) is 77.8 Å². The highest BCUT2D eigenvalue weighted by Crippen LogP contribution is 2.54. The predicted octanol–water partition coefficient (Wildman–Crippen LogP) is 0.479. The first-order valence-electron chi connectivity index (χ1n) is 2.86. The van der Waals surface area contributed by atoms with Gasteiger partial charge in [-0.2, -0.15) is 0 Å². The molecule has 0 aromatic rings. The number of hydrogen-bond acceptors (Lipinski definition) is 3. The standard InChI is InChI=1S/C5H7BO4S/c7-5(8)11(6(9)10)3-1-2-4-11/h1-4,9-10H,(H,7,8). The first-order chi connectivity index (χ1) is 5.09. The van der Waals surface area contributed by atoms with Gasteiger partial charge in [0.15, 0.2) is 0 Å². The van der Waals surface area contributed by atoms with Crippen LogP contribution in [0.4, 0.5) is 4.79 Å². The van der Waals surface area contributed by atoms with Crippen molar-refractivity contribution in [2.75, 3.05) is 0 Å². The summed E-state index contributed by atoms with van der Waals surface area (Å²) >= 11 is 0. The lowest BCUT2D eigenvalue weighted by atomic mass is 10.4. The van der Waals surface area contributed by atoms with E-state index in [-0.39, 0.29) is 0 Å². The molecule has 0 unspecified atom stereocenters. The second kappa shape index (κ2) is 2.73. The van der Waals surface area contributed by atoms with Crippen molar-refractivity contribution in [3.05, 3.63) is 23.0 Å². The summed E-state index contributed by atoms with van der Waals surface area (Å²) in [5.41, 5.74) is 0. The summed E-state index contributed by atoms with van der Waals surface area (Å²) in [5, 5.41) is 27.7. The van der Waals surface area contributed by atoms with Crippen LogP contribution in [-0.4, -0.2) is 26.9 Å². The summed E-state index contributed by atoms with van der Waals surface area (Å²) < 4.78 is 0. The Bertz CT molecular complexity index is 223. The summed E-state index contributed by atoms with van der Waals surface area (Å²) in [4.78, 5) is 10.6. The van der Waals surface area contributed by atoms with E-state index in [1.54, 1.807) is 0 Å². The van der Waals surface area contributed by atoms with Gasteiger partial charge in [0.1, 0.15) is 0 Å². The molecule has 4 nitrogen and oxygen atoms in total. The number of carboxylic acid groups (broad SMARTS) is 1. The van der Waals surface area contributed by atoms with E-state index in [4.69, 9.17) is 15.2 Å². The molecule has 6 heteroatoms. The quantitative estimate of drug-likeness (QED) is 0.505. The molecule has 1 heterocycles. The van der Waals surface area contributed by atoms with Crippen molar-refractivity contribution in [2.45, 2.75) is 0 Å². The highest BCUT2D eigenvalue weighted by molar-refractivity contribution is 8.66. The van der Waals surface area contributed by atoms with Crippen LogP contribution in [0.1, 0.15) is 0 Å². The van der Waals surface area contributed by atoms with Crippen molar-refractivity contribution in [3.8, 4) is 0 Å². The molecule has 0 saturated heterocycles. The van der Waals surface area contributed by atoms with Gasteiger partial charge in [-0.1, -0.05) is 22.0 Å². The van der Waals surface area contributed by atoms with Crippen molar-refractivity contribution in [3.63, 3.8) is 0 Å². The van der Waals surface area contributed by atoms with E-state index in [1.165, 1.54) is 23.0 Å². The fourth-order valence-electron chi connectivity index (χ4n) is 0.743. The molecule has 1 aliphatic rings. The van der Waals surface area contributed by atoms with Gasteiger partial charge < -0.3 is 15.2 Å². The Morgan fingerprint density at radius 2 is 1.73 bits per heavy atom. The third-order valence-electron chi connectivity index (χ3n) is 1.37. The Hall–Kier alpha value is -0.715. The molecule has 60 valence electrons. The van der Waals surface area contributed by atoms with Crippen LogP contribution in [0.25, 0.3) is 0 Å². The smallest absolute Gasteiger partial charge is 0.474 e. The third kappa shape index (κ3) is 1.20. The molecule has 0 saturated carbocycles. The molecular weight excluding hydrogens is 167 g/mol. The maximum absolute atomic E-state index is 10.6. The summed E-state index contributed by atoms with van der Waals surface area (Å²) in [6.07, 6.45) is 1.20. The van der Waals surface area contributed by atoms with Gasteiger partial charge in [0.2, 0.25) is 0 Å². The third-order valence-corrected chi connectivity index (χ3v) is 3.89. The van der Waals surface area contributed by atoms with Gasteiger partial charge in [0, 0.05) is 0 Å². The van der Waals surface area contributed by atoms with E-state index in [0.717, 1.165) is 0 Å². The average Bonchev–Trinajstić information content (AvgIpc) is 2.34. The predicted molar refractivity (Wildman–Crippen MR) is 44.1 cm³/mol. The SMILES string of the molecule is O=C(O)S1(B(O)O)C=CC=C1. The van der Waals surface area contributed by atoms with Gasteiger partial charge in [0.05, 0.1) is 0 Å². The fraction of sp³-hybridized carbons (Fsp3) is 0. The van der Waals surface area contributed by atoms with Crippen LogP contribution in [0.3, 0.4) is 0 Å². The Labute approximate surface area is 65.2 Å². The molecule has 0 amide bonds. The lowest BCUT2D eigenvalue weighted by Crippen LogP contribution is -2.24. The normalized spacial score (nSPS) is 21.6. The van der Waals surface area contributed by atoms with Gasteiger partial charge in [-0.3, -0.25) is 0 Å². The highest BCUT2D eigenvalue weighted by atomic mass is 32.3. The zero-order chi connectivity index (χ0) is 8.48. The summed E-state index contributed by atoms with van der Waals surface area (Å²) in [6.45, 7) is 0. The maximum Gasteiger partial charge on any atom is 0.527 e. The molecule has 3 N–H and O–H groups in total. The van der Waals surface area contributed by atoms with Crippen LogP contribution in [0.2, 0.25) is 0 Å². The van der Waals surface area contributed by atoms with Crippen LogP contribution in [0.15, 0.2) is 23.0 Å². The first-order valence-corrected chi connectivity index (χ1v) is 4.68. The maximum atomic E-state index is 10.6. The molecule has 0 radical (unpaired) electrons. The molecule has 0 spiro atoms. The minimum atomic E-state index is -2.53. The Morgan fingerprint density at radius 1 is 1.27 bits per heavy atom. The van der Waals surface area contributed by atoms with Crippen molar-refractivity contribution in [1.29, 1.82) is 0 Å². The van der Waals surface area contributed by atoms with Crippen molar-refractivity contribution >= 4 is 21.6 Å².